The number of halogens is 3. The number of carbonyl (C=O) groups is 1. The van der Waals surface area contributed by atoms with Crippen LogP contribution in [0.1, 0.15) is 28.4 Å². The molecule has 3 heterocycles. The van der Waals surface area contributed by atoms with Gasteiger partial charge >= 0.3 is 0 Å². The van der Waals surface area contributed by atoms with Gasteiger partial charge in [-0.1, -0.05) is 53.0 Å². The number of pyridine rings is 2. The molecule has 5 rings (SSSR count). The van der Waals surface area contributed by atoms with Crippen LogP contribution in [0, 0.1) is 0 Å². The van der Waals surface area contributed by atoms with Crippen LogP contribution in [-0.4, -0.2) is 22.5 Å². The summed E-state index contributed by atoms with van der Waals surface area (Å²) in [5, 5.41) is 4.92. The number of nitrogens with one attached hydrogen (secondary N) is 1. The summed E-state index contributed by atoms with van der Waals surface area (Å²) in [4.78, 5) is 21.9. The lowest BCUT2D eigenvalue weighted by Gasteiger charge is -2.26. The molecular weight excluding hydrogens is 469 g/mol. The van der Waals surface area contributed by atoms with E-state index in [2.05, 4.69) is 15.3 Å². The molecule has 0 saturated carbocycles. The van der Waals surface area contributed by atoms with Gasteiger partial charge in [0.1, 0.15) is 5.75 Å². The molecule has 1 atom stereocenters. The van der Waals surface area contributed by atoms with Gasteiger partial charge in [-0.15, -0.1) is 0 Å². The number of carbonyl (C=O) groups excluding carboxylic acids is 1. The van der Waals surface area contributed by atoms with E-state index in [4.69, 9.17) is 39.5 Å². The van der Waals surface area contributed by atoms with Gasteiger partial charge in [0.15, 0.2) is 0 Å². The highest BCUT2D eigenvalue weighted by Gasteiger charge is 2.25. The van der Waals surface area contributed by atoms with Crippen LogP contribution in [0.25, 0.3) is 22.0 Å². The number of hydrogen-bond donors (Lipinski definition) is 1. The van der Waals surface area contributed by atoms with Crippen molar-refractivity contribution in [2.75, 3.05) is 6.61 Å². The molecular formula is C24H16Cl3N3O2. The first-order valence-electron chi connectivity index (χ1n) is 9.92. The summed E-state index contributed by atoms with van der Waals surface area (Å²) in [5.74, 6) is 0.475. The summed E-state index contributed by atoms with van der Waals surface area (Å²) in [6, 6.07) is 12.7. The van der Waals surface area contributed by atoms with Crippen molar-refractivity contribution in [2.45, 2.75) is 12.5 Å². The molecule has 5 nitrogen and oxygen atoms in total. The van der Waals surface area contributed by atoms with Gasteiger partial charge in [0, 0.05) is 51.6 Å². The topological polar surface area (TPSA) is 64.1 Å². The van der Waals surface area contributed by atoms with E-state index in [1.165, 1.54) is 6.20 Å². The molecule has 2 aromatic carbocycles. The highest BCUT2D eigenvalue weighted by Crippen LogP contribution is 2.35. The summed E-state index contributed by atoms with van der Waals surface area (Å²) >= 11 is 19.0. The van der Waals surface area contributed by atoms with Gasteiger partial charge in [-0.05, 0) is 29.8 Å². The fraction of sp³-hybridized carbons (Fsp3) is 0.125. The van der Waals surface area contributed by atoms with Gasteiger partial charge in [0.2, 0.25) is 0 Å². The molecule has 4 aromatic rings. The van der Waals surface area contributed by atoms with Crippen molar-refractivity contribution in [1.29, 1.82) is 0 Å². The molecule has 0 fully saturated rings. The molecule has 0 aliphatic carbocycles. The van der Waals surface area contributed by atoms with Crippen LogP contribution >= 0.6 is 34.8 Å². The molecule has 1 aliphatic heterocycles. The maximum Gasteiger partial charge on any atom is 0.254 e. The van der Waals surface area contributed by atoms with Crippen molar-refractivity contribution in [1.82, 2.24) is 15.3 Å². The van der Waals surface area contributed by atoms with E-state index < -0.39 is 0 Å². The van der Waals surface area contributed by atoms with Crippen molar-refractivity contribution >= 4 is 51.6 Å². The van der Waals surface area contributed by atoms with E-state index in [-0.39, 0.29) is 22.5 Å². The first kappa shape index (κ1) is 21.0. The number of rotatable bonds is 3. The molecule has 8 heteroatoms. The molecule has 160 valence electrons. The number of aromatic nitrogens is 2. The van der Waals surface area contributed by atoms with E-state index in [9.17, 15) is 4.79 Å². The Hall–Kier alpha value is -2.86. The fourth-order valence-electron chi connectivity index (χ4n) is 3.89. The van der Waals surface area contributed by atoms with E-state index in [0.29, 0.717) is 34.0 Å². The monoisotopic (exact) mass is 483 g/mol. The third-order valence-electron chi connectivity index (χ3n) is 5.40. The van der Waals surface area contributed by atoms with Gasteiger partial charge in [-0.2, -0.15) is 0 Å². The minimum Gasteiger partial charge on any atom is -0.493 e. The summed E-state index contributed by atoms with van der Waals surface area (Å²) in [6.45, 7) is 0.529. The quantitative estimate of drug-likeness (QED) is 0.360. The zero-order valence-corrected chi connectivity index (χ0v) is 18.9. The Balaban J connectivity index is 1.51. The van der Waals surface area contributed by atoms with Crippen LogP contribution in [-0.2, 0) is 0 Å². The molecule has 0 radical (unpaired) electrons. The number of hydrogen-bond acceptors (Lipinski definition) is 4. The Kier molecular flexibility index (Phi) is 5.64. The Labute approximate surface area is 199 Å². The predicted octanol–water partition coefficient (Wildman–Crippen LogP) is 6.51. The number of ether oxygens (including phenoxy) is 1. The first-order chi connectivity index (χ1) is 15.5. The van der Waals surface area contributed by atoms with Crippen molar-refractivity contribution in [3.63, 3.8) is 0 Å². The zero-order valence-electron chi connectivity index (χ0n) is 16.6. The number of fused-ring (bicyclic) bond motifs is 2. The summed E-state index contributed by atoms with van der Waals surface area (Å²) in [5.41, 5.74) is 3.32. The SMILES string of the molecule is O=C(N[C@H]1CCOc2ccccc21)c1cnc2c(-c3cc(Cl)cc(Cl)c3)cncc2c1Cl. The van der Waals surface area contributed by atoms with Gasteiger partial charge in [0.05, 0.1) is 28.8 Å². The van der Waals surface area contributed by atoms with Gasteiger partial charge in [-0.3, -0.25) is 14.8 Å². The second kappa shape index (κ2) is 8.58. The minimum absolute atomic E-state index is 0.169. The van der Waals surface area contributed by atoms with Crippen LogP contribution in [0.4, 0.5) is 0 Å². The van der Waals surface area contributed by atoms with E-state index in [0.717, 1.165) is 22.4 Å². The lowest BCUT2D eigenvalue weighted by molar-refractivity contribution is 0.0924. The Bertz CT molecular complexity index is 1340. The summed E-state index contributed by atoms with van der Waals surface area (Å²) < 4.78 is 5.68. The highest BCUT2D eigenvalue weighted by atomic mass is 35.5. The highest BCUT2D eigenvalue weighted by molar-refractivity contribution is 6.39. The maximum absolute atomic E-state index is 13.1. The van der Waals surface area contributed by atoms with E-state index >= 15 is 0 Å². The van der Waals surface area contributed by atoms with Crippen LogP contribution in [0.5, 0.6) is 5.75 Å². The third-order valence-corrected chi connectivity index (χ3v) is 6.24. The number of amides is 1. The van der Waals surface area contributed by atoms with Crippen LogP contribution < -0.4 is 10.1 Å². The average Bonchev–Trinajstić information content (AvgIpc) is 2.78. The minimum atomic E-state index is -0.303. The lowest BCUT2D eigenvalue weighted by Crippen LogP contribution is -2.32. The number of nitrogens with zero attached hydrogens (tertiary/aromatic N) is 2. The molecule has 1 aliphatic rings. The molecule has 1 N–H and O–H groups in total. The Morgan fingerprint density at radius 3 is 2.62 bits per heavy atom. The van der Waals surface area contributed by atoms with Crippen molar-refractivity contribution in [3.8, 4) is 16.9 Å². The fourth-order valence-corrected chi connectivity index (χ4v) is 4.69. The van der Waals surface area contributed by atoms with Crippen LogP contribution in [0.2, 0.25) is 15.1 Å². The largest absolute Gasteiger partial charge is 0.493 e. The van der Waals surface area contributed by atoms with E-state index in [1.54, 1.807) is 30.6 Å². The zero-order chi connectivity index (χ0) is 22.2. The van der Waals surface area contributed by atoms with Crippen molar-refractivity contribution < 1.29 is 9.53 Å². The summed E-state index contributed by atoms with van der Waals surface area (Å²) in [6.07, 6.45) is 5.43. The molecule has 1 amide bonds. The van der Waals surface area contributed by atoms with Crippen molar-refractivity contribution in [3.05, 3.63) is 87.2 Å². The predicted molar refractivity (Wildman–Crippen MR) is 127 cm³/mol. The smallest absolute Gasteiger partial charge is 0.254 e. The number of para-hydroxylation sites is 1. The standard InChI is InChI=1S/C24H16Cl3N3O2/c25-14-7-13(8-15(26)9-14)17-10-28-11-18-22(27)19(12-29-23(17)18)24(31)30-20-5-6-32-21-4-2-1-3-16(20)21/h1-4,7-12,20H,5-6H2,(H,30,31)/t20-/m0/s1. The Morgan fingerprint density at radius 2 is 1.81 bits per heavy atom. The van der Waals surface area contributed by atoms with Gasteiger partial charge < -0.3 is 10.1 Å². The molecule has 0 unspecified atom stereocenters. The lowest BCUT2D eigenvalue weighted by atomic mass is 10.00. The molecule has 2 aromatic heterocycles. The molecule has 0 saturated heterocycles. The Morgan fingerprint density at radius 1 is 1.03 bits per heavy atom. The van der Waals surface area contributed by atoms with E-state index in [1.807, 2.05) is 24.3 Å². The normalized spacial score (nSPS) is 15.2. The van der Waals surface area contributed by atoms with Gasteiger partial charge in [0.25, 0.3) is 5.91 Å². The number of benzene rings is 2. The maximum atomic E-state index is 13.1. The second-order valence-electron chi connectivity index (χ2n) is 7.43. The van der Waals surface area contributed by atoms with Crippen LogP contribution in [0.15, 0.2) is 61.1 Å². The molecule has 0 bridgehead atoms. The van der Waals surface area contributed by atoms with Crippen LogP contribution in [0.3, 0.4) is 0 Å². The second-order valence-corrected chi connectivity index (χ2v) is 8.68. The summed E-state index contributed by atoms with van der Waals surface area (Å²) in [7, 11) is 0. The van der Waals surface area contributed by atoms with Crippen molar-refractivity contribution in [2.24, 2.45) is 0 Å². The van der Waals surface area contributed by atoms with Gasteiger partial charge in [-0.25, -0.2) is 0 Å². The molecule has 0 spiro atoms. The third kappa shape index (κ3) is 3.88. The molecule has 32 heavy (non-hydrogen) atoms. The average molecular weight is 485 g/mol. The first-order valence-corrected chi connectivity index (χ1v) is 11.1.